The van der Waals surface area contributed by atoms with Gasteiger partial charge in [0.2, 0.25) is 0 Å². The molecular weight excluding hydrogens is 298 g/mol. The lowest BCUT2D eigenvalue weighted by atomic mass is 9.92. The molecule has 24 heavy (non-hydrogen) atoms. The summed E-state index contributed by atoms with van der Waals surface area (Å²) in [7, 11) is 1.69. The van der Waals surface area contributed by atoms with E-state index in [1.54, 1.807) is 7.11 Å². The fourth-order valence-electron chi connectivity index (χ4n) is 3.72. The van der Waals surface area contributed by atoms with E-state index in [1.165, 1.54) is 38.0 Å². The zero-order valence-electron chi connectivity index (χ0n) is 15.6. The summed E-state index contributed by atoms with van der Waals surface area (Å²) in [4.78, 5) is 2.61. The molecule has 0 radical (unpaired) electrons. The Labute approximate surface area is 147 Å². The van der Waals surface area contributed by atoms with Crippen LogP contribution in [-0.4, -0.2) is 38.3 Å². The lowest BCUT2D eigenvalue weighted by molar-refractivity contribution is 0.136. The summed E-state index contributed by atoms with van der Waals surface area (Å²) in [6.07, 6.45) is 6.40. The second kappa shape index (κ2) is 9.73. The van der Waals surface area contributed by atoms with Gasteiger partial charge in [-0.1, -0.05) is 26.0 Å². The molecule has 2 atom stereocenters. The predicted octanol–water partition coefficient (Wildman–Crippen LogP) is 4.56. The minimum absolute atomic E-state index is 0.746. The van der Waals surface area contributed by atoms with Crippen LogP contribution in [0.1, 0.15) is 38.7 Å². The van der Waals surface area contributed by atoms with Gasteiger partial charge in [-0.05, 0) is 61.8 Å². The first kappa shape index (κ1) is 18.9. The molecule has 0 aliphatic carbocycles. The van der Waals surface area contributed by atoms with Gasteiger partial charge < -0.3 is 14.4 Å². The topological polar surface area (TPSA) is 21.7 Å². The van der Waals surface area contributed by atoms with Crippen LogP contribution >= 0.6 is 0 Å². The van der Waals surface area contributed by atoms with E-state index in [-0.39, 0.29) is 0 Å². The maximum atomic E-state index is 5.92. The van der Waals surface area contributed by atoms with Crippen molar-refractivity contribution in [3.63, 3.8) is 0 Å². The molecule has 1 heterocycles. The molecule has 0 bridgehead atoms. The standard InChI is InChI=1S/C21H33NO2/c1-5-8-19-9-10-20(21(14-19)23-4)24-12-7-6-11-22-15-17(2)13-18(3)16-22/h5,9-10,14,17-18H,1,6-8,11-13,15-16H2,2-4H3/t17-,18+. The first-order valence-electron chi connectivity index (χ1n) is 9.25. The van der Waals surface area contributed by atoms with Gasteiger partial charge in [0.15, 0.2) is 11.5 Å². The largest absolute Gasteiger partial charge is 0.493 e. The molecule has 3 heteroatoms. The van der Waals surface area contributed by atoms with Gasteiger partial charge >= 0.3 is 0 Å². The summed E-state index contributed by atoms with van der Waals surface area (Å²) in [6, 6.07) is 6.12. The lowest BCUT2D eigenvalue weighted by Gasteiger charge is -2.34. The van der Waals surface area contributed by atoms with Crippen molar-refractivity contribution in [2.75, 3.05) is 33.4 Å². The van der Waals surface area contributed by atoms with Crippen molar-refractivity contribution >= 4 is 0 Å². The van der Waals surface area contributed by atoms with Crippen molar-refractivity contribution in [1.82, 2.24) is 4.90 Å². The minimum Gasteiger partial charge on any atom is -0.493 e. The molecule has 0 aromatic heterocycles. The number of piperidine rings is 1. The summed E-state index contributed by atoms with van der Waals surface area (Å²) >= 11 is 0. The van der Waals surface area contributed by atoms with Gasteiger partial charge in [-0.2, -0.15) is 0 Å². The third kappa shape index (κ3) is 5.86. The molecule has 1 fully saturated rings. The molecule has 134 valence electrons. The number of benzene rings is 1. The Morgan fingerprint density at radius 2 is 1.92 bits per heavy atom. The Morgan fingerprint density at radius 3 is 2.58 bits per heavy atom. The van der Waals surface area contributed by atoms with E-state index < -0.39 is 0 Å². The number of nitrogens with zero attached hydrogens (tertiary/aromatic N) is 1. The summed E-state index contributed by atoms with van der Waals surface area (Å²) < 4.78 is 11.4. The van der Waals surface area contributed by atoms with Gasteiger partial charge in [0.1, 0.15) is 0 Å². The number of likely N-dealkylation sites (tertiary alicyclic amines) is 1. The molecule has 1 aromatic carbocycles. The molecule has 3 nitrogen and oxygen atoms in total. The number of rotatable bonds is 9. The van der Waals surface area contributed by atoms with E-state index in [0.29, 0.717) is 0 Å². The number of hydrogen-bond donors (Lipinski definition) is 0. The Hall–Kier alpha value is -1.48. The highest BCUT2D eigenvalue weighted by Crippen LogP contribution is 2.28. The van der Waals surface area contributed by atoms with E-state index in [9.17, 15) is 0 Å². The highest BCUT2D eigenvalue weighted by atomic mass is 16.5. The minimum atomic E-state index is 0.746. The molecule has 1 aliphatic rings. The Morgan fingerprint density at radius 1 is 1.17 bits per heavy atom. The van der Waals surface area contributed by atoms with Crippen LogP contribution in [0.3, 0.4) is 0 Å². The Kier molecular flexibility index (Phi) is 7.64. The molecular formula is C21H33NO2. The molecule has 0 unspecified atom stereocenters. The van der Waals surface area contributed by atoms with Crippen molar-refractivity contribution in [1.29, 1.82) is 0 Å². The van der Waals surface area contributed by atoms with Gasteiger partial charge in [-0.3, -0.25) is 0 Å². The molecule has 1 saturated heterocycles. The van der Waals surface area contributed by atoms with Crippen LogP contribution in [0.4, 0.5) is 0 Å². The van der Waals surface area contributed by atoms with Crippen LogP contribution < -0.4 is 9.47 Å². The average molecular weight is 332 g/mol. The third-order valence-corrected chi connectivity index (χ3v) is 4.68. The van der Waals surface area contributed by atoms with Crippen LogP contribution in [0.2, 0.25) is 0 Å². The van der Waals surface area contributed by atoms with E-state index in [0.717, 1.165) is 42.8 Å². The molecule has 0 saturated carbocycles. The van der Waals surface area contributed by atoms with Gasteiger partial charge in [-0.15, -0.1) is 6.58 Å². The fourth-order valence-corrected chi connectivity index (χ4v) is 3.72. The average Bonchev–Trinajstić information content (AvgIpc) is 2.55. The van der Waals surface area contributed by atoms with Crippen LogP contribution in [0.25, 0.3) is 0 Å². The predicted molar refractivity (Wildman–Crippen MR) is 101 cm³/mol. The van der Waals surface area contributed by atoms with Gasteiger partial charge in [0.25, 0.3) is 0 Å². The number of ether oxygens (including phenoxy) is 2. The zero-order chi connectivity index (χ0) is 17.4. The first-order valence-corrected chi connectivity index (χ1v) is 9.25. The van der Waals surface area contributed by atoms with E-state index in [2.05, 4.69) is 31.4 Å². The first-order chi connectivity index (χ1) is 11.6. The van der Waals surface area contributed by atoms with Crippen LogP contribution in [-0.2, 0) is 6.42 Å². The maximum Gasteiger partial charge on any atom is 0.161 e. The van der Waals surface area contributed by atoms with Crippen molar-refractivity contribution in [3.05, 3.63) is 36.4 Å². The summed E-state index contributed by atoms with van der Waals surface area (Å²) in [5, 5.41) is 0. The monoisotopic (exact) mass is 331 g/mol. The molecule has 1 aliphatic heterocycles. The quantitative estimate of drug-likeness (QED) is 0.489. The summed E-state index contributed by atoms with van der Waals surface area (Å²) in [5.41, 5.74) is 1.20. The lowest BCUT2D eigenvalue weighted by Crippen LogP contribution is -2.39. The summed E-state index contributed by atoms with van der Waals surface area (Å²) in [6.45, 7) is 13.0. The second-order valence-corrected chi connectivity index (χ2v) is 7.24. The Balaban J connectivity index is 1.71. The highest BCUT2D eigenvalue weighted by Gasteiger charge is 2.20. The van der Waals surface area contributed by atoms with Crippen molar-refractivity contribution < 1.29 is 9.47 Å². The third-order valence-electron chi connectivity index (χ3n) is 4.68. The molecule has 0 spiro atoms. The Bertz CT molecular complexity index is 505. The van der Waals surface area contributed by atoms with Crippen molar-refractivity contribution in [2.45, 2.75) is 39.5 Å². The number of hydrogen-bond acceptors (Lipinski definition) is 3. The van der Waals surface area contributed by atoms with Gasteiger partial charge in [0, 0.05) is 13.1 Å². The second-order valence-electron chi connectivity index (χ2n) is 7.24. The fraction of sp³-hybridized carbons (Fsp3) is 0.619. The number of methoxy groups -OCH3 is 1. The molecule has 1 aromatic rings. The highest BCUT2D eigenvalue weighted by molar-refractivity contribution is 5.43. The maximum absolute atomic E-state index is 5.92. The van der Waals surface area contributed by atoms with Crippen LogP contribution in [0.5, 0.6) is 11.5 Å². The van der Waals surface area contributed by atoms with Gasteiger partial charge in [0.05, 0.1) is 13.7 Å². The van der Waals surface area contributed by atoms with E-state index >= 15 is 0 Å². The molecule has 0 N–H and O–H groups in total. The van der Waals surface area contributed by atoms with Crippen LogP contribution in [0.15, 0.2) is 30.9 Å². The zero-order valence-corrected chi connectivity index (χ0v) is 15.6. The number of unbranched alkanes of at least 4 members (excludes halogenated alkanes) is 1. The van der Waals surface area contributed by atoms with E-state index in [4.69, 9.17) is 9.47 Å². The molecule has 0 amide bonds. The van der Waals surface area contributed by atoms with Crippen LogP contribution in [0, 0.1) is 11.8 Å². The normalized spacial score (nSPS) is 21.5. The van der Waals surface area contributed by atoms with E-state index in [1.807, 2.05) is 18.2 Å². The van der Waals surface area contributed by atoms with Crippen molar-refractivity contribution in [2.24, 2.45) is 11.8 Å². The smallest absolute Gasteiger partial charge is 0.161 e. The number of allylic oxidation sites excluding steroid dienone is 1. The summed E-state index contributed by atoms with van der Waals surface area (Å²) in [5.74, 6) is 3.32. The van der Waals surface area contributed by atoms with Gasteiger partial charge in [-0.25, -0.2) is 0 Å². The van der Waals surface area contributed by atoms with Crippen molar-refractivity contribution in [3.8, 4) is 11.5 Å². The SMILES string of the molecule is C=CCc1ccc(OCCCCN2C[C@H](C)C[C@H](C)C2)c(OC)c1. The molecule has 2 rings (SSSR count).